The first kappa shape index (κ1) is 9.41. The molecule has 4 nitrogen and oxygen atoms in total. The molecule has 0 amide bonds. The molecule has 5 heteroatoms. The van der Waals surface area contributed by atoms with Crippen molar-refractivity contribution in [2.75, 3.05) is 6.61 Å². The van der Waals surface area contributed by atoms with Crippen LogP contribution in [-0.2, 0) is 11.5 Å². The Balaban J connectivity index is 2.85. The number of hydrogen-bond acceptors (Lipinski definition) is 3. The van der Waals surface area contributed by atoms with Crippen LogP contribution in [0.4, 0.5) is 0 Å². The monoisotopic (exact) mass is 232 g/mol. The predicted octanol–water partition coefficient (Wildman–Crippen LogP) is 1.000. The Morgan fingerprint density at radius 3 is 3.17 bits per heavy atom. The summed E-state index contributed by atoms with van der Waals surface area (Å²) in [5.74, 6) is 0. The molecule has 0 aromatic carbocycles. The number of rotatable bonds is 3. The smallest absolute Gasteiger partial charge is 0.269 e. The zero-order valence-electron chi connectivity index (χ0n) is 6.66. The molecule has 0 aliphatic rings. The minimum atomic E-state index is -0.126. The van der Waals surface area contributed by atoms with E-state index < -0.39 is 0 Å². The first-order valence-corrected chi connectivity index (χ1v) is 4.32. The molecule has 0 N–H and O–H groups in total. The average Bonchev–Trinajstić information content (AvgIpc) is 2.08. The first-order valence-electron chi connectivity index (χ1n) is 3.53. The van der Waals surface area contributed by atoms with Gasteiger partial charge in [0.2, 0.25) is 0 Å². The lowest BCUT2D eigenvalue weighted by molar-refractivity contribution is 0.0844. The highest BCUT2D eigenvalue weighted by atomic mass is 79.9. The van der Waals surface area contributed by atoms with Crippen molar-refractivity contribution >= 4 is 15.9 Å². The Morgan fingerprint density at radius 1 is 1.75 bits per heavy atom. The Hall–Kier alpha value is -0.680. The molecule has 0 saturated heterocycles. The van der Waals surface area contributed by atoms with Crippen LogP contribution in [0.1, 0.15) is 6.92 Å². The number of nitrogens with zero attached hydrogens (tertiary/aromatic N) is 2. The molecule has 1 aromatic rings. The fraction of sp³-hybridized carbons (Fsp3) is 0.429. The highest BCUT2D eigenvalue weighted by molar-refractivity contribution is 9.10. The summed E-state index contributed by atoms with van der Waals surface area (Å²) in [6.07, 6.45) is 2.91. The van der Waals surface area contributed by atoms with Gasteiger partial charge in [0, 0.05) is 12.8 Å². The maximum atomic E-state index is 11.3. The second kappa shape index (κ2) is 4.37. The van der Waals surface area contributed by atoms with Crippen LogP contribution in [-0.4, -0.2) is 16.2 Å². The predicted molar refractivity (Wildman–Crippen MR) is 47.8 cm³/mol. The molecule has 0 spiro atoms. The number of halogens is 1. The van der Waals surface area contributed by atoms with Gasteiger partial charge in [-0.2, -0.15) is 0 Å². The molecule has 0 radical (unpaired) electrons. The van der Waals surface area contributed by atoms with Gasteiger partial charge in [0.05, 0.1) is 6.33 Å². The third kappa shape index (κ3) is 2.15. The summed E-state index contributed by atoms with van der Waals surface area (Å²) >= 11 is 3.09. The van der Waals surface area contributed by atoms with E-state index in [1.54, 1.807) is 0 Å². The number of hydrogen-bond donors (Lipinski definition) is 0. The van der Waals surface area contributed by atoms with Crippen LogP contribution in [0.5, 0.6) is 0 Å². The summed E-state index contributed by atoms with van der Waals surface area (Å²) in [6, 6.07) is 0. The van der Waals surface area contributed by atoms with Gasteiger partial charge in [0.25, 0.3) is 5.56 Å². The lowest BCUT2D eigenvalue weighted by Gasteiger charge is -2.03. The molecule has 0 aliphatic heterocycles. The second-order valence-electron chi connectivity index (χ2n) is 2.14. The molecule has 0 fully saturated rings. The zero-order chi connectivity index (χ0) is 8.97. The fourth-order valence-corrected chi connectivity index (χ4v) is 1.05. The highest BCUT2D eigenvalue weighted by Crippen LogP contribution is 1.97. The van der Waals surface area contributed by atoms with Gasteiger partial charge in [-0.1, -0.05) is 0 Å². The molecule has 1 rings (SSSR count). The van der Waals surface area contributed by atoms with Crippen molar-refractivity contribution in [1.29, 1.82) is 0 Å². The fourth-order valence-electron chi connectivity index (χ4n) is 0.706. The second-order valence-corrected chi connectivity index (χ2v) is 2.99. The quantitative estimate of drug-likeness (QED) is 0.782. The first-order chi connectivity index (χ1) is 5.75. The standard InChI is InChI=1S/C7H9BrN2O2/c1-2-12-5-10-4-9-3-6(8)7(10)11/h3-4H,2,5H2,1H3. The summed E-state index contributed by atoms with van der Waals surface area (Å²) < 4.78 is 6.90. The van der Waals surface area contributed by atoms with E-state index in [-0.39, 0.29) is 12.3 Å². The van der Waals surface area contributed by atoms with E-state index in [0.29, 0.717) is 11.1 Å². The molecule has 1 heterocycles. The molecular formula is C7H9BrN2O2. The van der Waals surface area contributed by atoms with E-state index in [1.807, 2.05) is 6.92 Å². The summed E-state index contributed by atoms with van der Waals surface area (Å²) in [5.41, 5.74) is -0.126. The average molecular weight is 233 g/mol. The van der Waals surface area contributed by atoms with Gasteiger partial charge >= 0.3 is 0 Å². The van der Waals surface area contributed by atoms with E-state index in [2.05, 4.69) is 20.9 Å². The summed E-state index contributed by atoms with van der Waals surface area (Å²) in [4.78, 5) is 15.1. The summed E-state index contributed by atoms with van der Waals surface area (Å²) in [7, 11) is 0. The van der Waals surface area contributed by atoms with Crippen molar-refractivity contribution in [3.05, 3.63) is 27.4 Å². The van der Waals surface area contributed by atoms with Crippen molar-refractivity contribution in [1.82, 2.24) is 9.55 Å². The molecule has 0 unspecified atom stereocenters. The minimum absolute atomic E-state index is 0.126. The van der Waals surface area contributed by atoms with Crippen LogP contribution in [0.25, 0.3) is 0 Å². The van der Waals surface area contributed by atoms with E-state index in [9.17, 15) is 4.79 Å². The molecule has 1 aromatic heterocycles. The lowest BCUT2D eigenvalue weighted by atomic mass is 10.6. The number of ether oxygens (including phenoxy) is 1. The third-order valence-electron chi connectivity index (χ3n) is 1.29. The zero-order valence-corrected chi connectivity index (χ0v) is 8.24. The van der Waals surface area contributed by atoms with Gasteiger partial charge in [-0.3, -0.25) is 9.36 Å². The molecule has 0 atom stereocenters. The molecular weight excluding hydrogens is 224 g/mol. The number of aromatic nitrogens is 2. The highest BCUT2D eigenvalue weighted by Gasteiger charge is 1.98. The Bertz CT molecular complexity index is 311. The Kier molecular flexibility index (Phi) is 3.43. The van der Waals surface area contributed by atoms with Crippen LogP contribution in [0, 0.1) is 0 Å². The van der Waals surface area contributed by atoms with E-state index >= 15 is 0 Å². The van der Waals surface area contributed by atoms with Crippen LogP contribution in [0.15, 0.2) is 21.8 Å². The van der Waals surface area contributed by atoms with Gasteiger partial charge in [-0.15, -0.1) is 0 Å². The maximum absolute atomic E-state index is 11.3. The van der Waals surface area contributed by atoms with Crippen LogP contribution < -0.4 is 5.56 Å². The van der Waals surface area contributed by atoms with E-state index in [0.717, 1.165) is 0 Å². The largest absolute Gasteiger partial charge is 0.361 e. The van der Waals surface area contributed by atoms with Crippen molar-refractivity contribution < 1.29 is 4.74 Å². The lowest BCUT2D eigenvalue weighted by Crippen LogP contribution is -2.21. The molecule has 66 valence electrons. The molecule has 0 saturated carbocycles. The normalized spacial score (nSPS) is 10.2. The molecule has 12 heavy (non-hydrogen) atoms. The summed E-state index contributed by atoms with van der Waals surface area (Å²) in [6.45, 7) is 2.71. The Labute approximate surface area is 78.3 Å². The third-order valence-corrected chi connectivity index (χ3v) is 1.84. The topological polar surface area (TPSA) is 44.1 Å². The Morgan fingerprint density at radius 2 is 2.50 bits per heavy atom. The van der Waals surface area contributed by atoms with E-state index in [1.165, 1.54) is 17.1 Å². The van der Waals surface area contributed by atoms with Crippen LogP contribution in [0.2, 0.25) is 0 Å². The summed E-state index contributed by atoms with van der Waals surface area (Å²) in [5, 5.41) is 0. The van der Waals surface area contributed by atoms with Crippen molar-refractivity contribution in [2.24, 2.45) is 0 Å². The van der Waals surface area contributed by atoms with E-state index in [4.69, 9.17) is 4.74 Å². The van der Waals surface area contributed by atoms with Gasteiger partial charge in [-0.05, 0) is 22.9 Å². The minimum Gasteiger partial charge on any atom is -0.361 e. The molecule has 0 bridgehead atoms. The van der Waals surface area contributed by atoms with Crippen LogP contribution >= 0.6 is 15.9 Å². The molecule has 0 aliphatic carbocycles. The van der Waals surface area contributed by atoms with Gasteiger partial charge < -0.3 is 4.74 Å². The van der Waals surface area contributed by atoms with Crippen molar-refractivity contribution in [2.45, 2.75) is 13.7 Å². The van der Waals surface area contributed by atoms with Gasteiger partial charge in [0.15, 0.2) is 0 Å². The van der Waals surface area contributed by atoms with Crippen molar-refractivity contribution in [3.63, 3.8) is 0 Å². The van der Waals surface area contributed by atoms with Crippen LogP contribution in [0.3, 0.4) is 0 Å². The maximum Gasteiger partial charge on any atom is 0.269 e. The van der Waals surface area contributed by atoms with Crippen molar-refractivity contribution in [3.8, 4) is 0 Å². The van der Waals surface area contributed by atoms with Gasteiger partial charge in [0.1, 0.15) is 11.2 Å². The SMILES string of the molecule is CCOCn1cncc(Br)c1=O. The van der Waals surface area contributed by atoms with Gasteiger partial charge in [-0.25, -0.2) is 4.98 Å².